The van der Waals surface area contributed by atoms with E-state index in [0.717, 1.165) is 0 Å². The lowest BCUT2D eigenvalue weighted by Crippen LogP contribution is -2.48. The molecule has 12 heteroatoms. The first kappa shape index (κ1) is 27.9. The van der Waals surface area contributed by atoms with Gasteiger partial charge in [-0.2, -0.15) is 0 Å². The van der Waals surface area contributed by atoms with Crippen LogP contribution in [0.15, 0.2) is 30.3 Å². The summed E-state index contributed by atoms with van der Waals surface area (Å²) in [5.41, 5.74) is 0.608. The lowest BCUT2D eigenvalue weighted by atomic mass is 10.1. The molecule has 0 aliphatic carbocycles. The van der Waals surface area contributed by atoms with Crippen LogP contribution in [0.3, 0.4) is 0 Å². The topological polar surface area (TPSA) is 166 Å². The van der Waals surface area contributed by atoms with Gasteiger partial charge in [0.1, 0.15) is 12.1 Å². The summed E-state index contributed by atoms with van der Waals surface area (Å²) in [6, 6.07) is 6.81. The number of rotatable bonds is 15. The smallest absolute Gasteiger partial charge is 0.413 e. The van der Waals surface area contributed by atoms with Crippen LogP contribution < -0.4 is 10.6 Å². The molecule has 0 bridgehead atoms. The number of hydrogen-bond donors (Lipinski definition) is 5. The highest BCUT2D eigenvalue weighted by Gasteiger charge is 2.24. The Balaban J connectivity index is 2.36. The number of likely N-dealkylation sites (N-methyl/N-ethyl adjacent to an activating group) is 1. The normalized spacial score (nSPS) is 12.5. The Bertz CT molecular complexity index is 821. The quantitative estimate of drug-likeness (QED) is 0.139. The molecule has 0 aromatic heterocycles. The van der Waals surface area contributed by atoms with Crippen molar-refractivity contribution in [2.75, 3.05) is 20.3 Å². The molecule has 0 saturated carbocycles. The highest BCUT2D eigenvalue weighted by Crippen LogP contribution is 2.08. The van der Waals surface area contributed by atoms with E-state index < -0.39 is 36.1 Å². The summed E-state index contributed by atoms with van der Waals surface area (Å²) in [5, 5.41) is 32.6. The first-order valence-electron chi connectivity index (χ1n) is 10.3. The third kappa shape index (κ3) is 11.4. The summed E-state index contributed by atoms with van der Waals surface area (Å²) in [7, 11) is 1.53. The predicted octanol–water partition coefficient (Wildman–Crippen LogP) is 1.51. The second-order valence-electron chi connectivity index (χ2n) is 7.26. The molecule has 1 rings (SSSR count). The molecule has 5 N–H and O–H groups in total. The van der Waals surface area contributed by atoms with Crippen LogP contribution in [0, 0.1) is 0 Å². The van der Waals surface area contributed by atoms with Crippen LogP contribution >= 0.6 is 12.2 Å². The van der Waals surface area contributed by atoms with E-state index in [4.69, 9.17) is 27.2 Å². The molecule has 1 aromatic carbocycles. The van der Waals surface area contributed by atoms with Gasteiger partial charge in [0.2, 0.25) is 5.05 Å². The Morgan fingerprint density at radius 1 is 1.03 bits per heavy atom. The Hall–Kier alpha value is -3.09. The summed E-state index contributed by atoms with van der Waals surface area (Å²) >= 11 is 5.05. The van der Waals surface area contributed by atoms with E-state index in [0.29, 0.717) is 18.4 Å². The van der Waals surface area contributed by atoms with Gasteiger partial charge in [-0.25, -0.2) is 4.79 Å². The number of carbonyl (C=O) groups excluding carboxylic acids is 1. The van der Waals surface area contributed by atoms with Gasteiger partial charge in [-0.3, -0.25) is 24.6 Å². The highest BCUT2D eigenvalue weighted by atomic mass is 32.1. The monoisotopic (exact) mass is 483 g/mol. The molecule has 182 valence electrons. The molecule has 2 unspecified atom stereocenters. The Labute approximate surface area is 196 Å². The summed E-state index contributed by atoms with van der Waals surface area (Å²) in [4.78, 5) is 46.7. The Kier molecular flexibility index (Phi) is 12.6. The van der Waals surface area contributed by atoms with Crippen molar-refractivity contribution in [1.29, 1.82) is 0 Å². The van der Waals surface area contributed by atoms with Gasteiger partial charge in [0.05, 0.1) is 0 Å². The molecule has 0 aliphatic heterocycles. The van der Waals surface area contributed by atoms with Crippen molar-refractivity contribution in [3.05, 3.63) is 35.9 Å². The molecule has 0 fully saturated rings. The van der Waals surface area contributed by atoms with Crippen molar-refractivity contribution in [2.45, 2.75) is 44.2 Å². The van der Waals surface area contributed by atoms with Crippen molar-refractivity contribution in [1.82, 2.24) is 15.5 Å². The van der Waals surface area contributed by atoms with Crippen LogP contribution in [0.2, 0.25) is 0 Å². The van der Waals surface area contributed by atoms with Gasteiger partial charge in [0.25, 0.3) is 0 Å². The molecule has 0 saturated heterocycles. The first-order chi connectivity index (χ1) is 15.6. The number of nitrogens with one attached hydrogen (secondary N) is 2. The van der Waals surface area contributed by atoms with E-state index in [1.54, 1.807) is 24.3 Å². The SMILES string of the molecule is CN(CNC(CCC(=O)O)C(=O)O)C(CCCCNC(=O)OC(=S)c1ccccc1)C(=O)O. The number of alkyl carbamates (subject to hydrolysis) is 1. The second kappa shape index (κ2) is 14.9. The van der Waals surface area contributed by atoms with E-state index in [9.17, 15) is 24.3 Å². The number of carboxylic acid groups (broad SMARTS) is 3. The van der Waals surface area contributed by atoms with Gasteiger partial charge >= 0.3 is 24.0 Å². The molecular weight excluding hydrogens is 454 g/mol. The third-order valence-electron chi connectivity index (χ3n) is 4.72. The standard InChI is InChI=1S/C21H29N3O8S/c1-24(13-23-15(18(27)28)10-11-17(25)26)16(19(29)30)9-5-6-12-22-21(31)32-20(33)14-7-3-2-4-8-14/h2-4,7-8,15-16,23H,5-6,9-13H2,1H3,(H,22,31)(H,25,26)(H,27,28)(H,29,30). The minimum atomic E-state index is -1.21. The number of aliphatic carboxylic acids is 3. The Morgan fingerprint density at radius 2 is 1.70 bits per heavy atom. The summed E-state index contributed by atoms with van der Waals surface area (Å²) in [6.45, 7) is 0.218. The fourth-order valence-corrected chi connectivity index (χ4v) is 3.10. The summed E-state index contributed by atoms with van der Waals surface area (Å²) in [6.07, 6.45) is 0.106. The fraction of sp³-hybridized carbons (Fsp3) is 0.476. The average Bonchev–Trinajstić information content (AvgIpc) is 2.75. The maximum absolute atomic E-state index is 11.8. The van der Waals surface area contributed by atoms with E-state index in [-0.39, 0.29) is 37.5 Å². The van der Waals surface area contributed by atoms with Gasteiger partial charge in [-0.15, -0.1) is 0 Å². The number of carboxylic acids is 3. The zero-order valence-corrected chi connectivity index (χ0v) is 19.0. The van der Waals surface area contributed by atoms with Crippen LogP contribution in [0.4, 0.5) is 4.79 Å². The second-order valence-corrected chi connectivity index (χ2v) is 7.63. The van der Waals surface area contributed by atoms with Crippen LogP contribution in [0.25, 0.3) is 0 Å². The number of hydrogen-bond acceptors (Lipinski definition) is 8. The molecule has 1 amide bonds. The van der Waals surface area contributed by atoms with Crippen molar-refractivity contribution in [3.8, 4) is 0 Å². The van der Waals surface area contributed by atoms with E-state index >= 15 is 0 Å². The average molecular weight is 484 g/mol. The van der Waals surface area contributed by atoms with Crippen LogP contribution in [0.5, 0.6) is 0 Å². The van der Waals surface area contributed by atoms with Gasteiger partial charge < -0.3 is 25.4 Å². The van der Waals surface area contributed by atoms with Gasteiger partial charge in [-0.1, -0.05) is 30.3 Å². The van der Waals surface area contributed by atoms with Gasteiger partial charge in [0.15, 0.2) is 0 Å². The zero-order chi connectivity index (χ0) is 24.8. The summed E-state index contributed by atoms with van der Waals surface area (Å²) < 4.78 is 5.03. The van der Waals surface area contributed by atoms with Gasteiger partial charge in [-0.05, 0) is 44.9 Å². The number of nitrogens with zero attached hydrogens (tertiary/aromatic N) is 1. The first-order valence-corrected chi connectivity index (χ1v) is 10.7. The third-order valence-corrected chi connectivity index (χ3v) is 5.04. The van der Waals surface area contributed by atoms with Gasteiger partial charge in [0, 0.05) is 25.2 Å². The van der Waals surface area contributed by atoms with E-state index in [1.807, 2.05) is 6.07 Å². The van der Waals surface area contributed by atoms with Crippen molar-refractivity contribution >= 4 is 41.3 Å². The number of amides is 1. The number of thiocarbonyl (C=S) groups is 1. The van der Waals surface area contributed by atoms with E-state index in [1.165, 1.54) is 11.9 Å². The zero-order valence-electron chi connectivity index (χ0n) is 18.2. The fourth-order valence-electron chi connectivity index (χ4n) is 2.88. The number of carbonyl (C=O) groups is 4. The molecule has 1 aromatic rings. The minimum Gasteiger partial charge on any atom is -0.481 e. The summed E-state index contributed by atoms with van der Waals surface area (Å²) in [5.74, 6) is -3.39. The maximum Gasteiger partial charge on any atom is 0.413 e. The lowest BCUT2D eigenvalue weighted by Gasteiger charge is -2.26. The van der Waals surface area contributed by atoms with Crippen LogP contribution in [0.1, 0.15) is 37.7 Å². The van der Waals surface area contributed by atoms with Crippen molar-refractivity contribution in [3.63, 3.8) is 0 Å². The molecule has 0 heterocycles. The number of ether oxygens (including phenoxy) is 1. The predicted molar refractivity (Wildman–Crippen MR) is 122 cm³/mol. The Morgan fingerprint density at radius 3 is 2.27 bits per heavy atom. The molecule has 0 aliphatic rings. The molecular formula is C21H29N3O8S. The molecule has 33 heavy (non-hydrogen) atoms. The lowest BCUT2D eigenvalue weighted by molar-refractivity contribution is -0.143. The largest absolute Gasteiger partial charge is 0.481 e. The van der Waals surface area contributed by atoms with Crippen molar-refractivity contribution in [2.24, 2.45) is 0 Å². The maximum atomic E-state index is 11.8. The number of unbranched alkanes of at least 4 members (excludes halogenated alkanes) is 1. The molecule has 0 radical (unpaired) electrons. The molecule has 2 atom stereocenters. The van der Waals surface area contributed by atoms with Crippen LogP contribution in [-0.4, -0.2) is 81.6 Å². The molecule has 11 nitrogen and oxygen atoms in total. The van der Waals surface area contributed by atoms with E-state index in [2.05, 4.69) is 10.6 Å². The number of benzene rings is 1. The minimum absolute atomic E-state index is 0.0466. The van der Waals surface area contributed by atoms with Crippen LogP contribution in [-0.2, 0) is 19.1 Å². The van der Waals surface area contributed by atoms with Crippen molar-refractivity contribution < 1.29 is 39.2 Å². The molecule has 0 spiro atoms. The highest BCUT2D eigenvalue weighted by molar-refractivity contribution is 7.80.